The summed E-state index contributed by atoms with van der Waals surface area (Å²) >= 11 is 0. The van der Waals surface area contributed by atoms with Crippen LogP contribution in [0, 0.1) is 5.92 Å². The fourth-order valence-electron chi connectivity index (χ4n) is 3.33. The van der Waals surface area contributed by atoms with Crippen molar-refractivity contribution in [1.29, 1.82) is 0 Å². The van der Waals surface area contributed by atoms with Gasteiger partial charge in [-0.15, -0.1) is 0 Å². The van der Waals surface area contributed by atoms with E-state index >= 15 is 0 Å². The number of aliphatic hydroxyl groups is 1. The molecule has 4 heteroatoms. The largest absolute Gasteiger partial charge is 0.398 e. The molecule has 4 nitrogen and oxygen atoms in total. The molecule has 1 aromatic carbocycles. The van der Waals surface area contributed by atoms with E-state index in [0.717, 1.165) is 42.6 Å². The molecule has 1 aliphatic rings. The van der Waals surface area contributed by atoms with Gasteiger partial charge in [0.15, 0.2) is 0 Å². The second kappa shape index (κ2) is 6.41. The molecule has 112 valence electrons. The average molecular weight is 285 g/mol. The summed E-state index contributed by atoms with van der Waals surface area (Å²) in [5, 5.41) is 10.2. The molecule has 3 N–H and O–H groups in total. The molecule has 1 aliphatic heterocycles. The van der Waals surface area contributed by atoms with Crippen LogP contribution in [0.1, 0.15) is 24.8 Å². The number of aliphatic hydroxyl groups excluding tert-OH is 1. The first-order valence-electron chi connectivity index (χ1n) is 7.73. The number of fused-ring (bicyclic) bond motifs is 1. The van der Waals surface area contributed by atoms with Crippen LogP contribution in [-0.4, -0.2) is 34.7 Å². The van der Waals surface area contributed by atoms with Crippen LogP contribution in [0.15, 0.2) is 30.5 Å². The Balaban J connectivity index is 1.80. The Morgan fingerprint density at radius 1 is 1.33 bits per heavy atom. The van der Waals surface area contributed by atoms with Gasteiger partial charge in [-0.25, -0.2) is 0 Å². The summed E-state index contributed by atoms with van der Waals surface area (Å²) in [5.41, 5.74) is 9.08. The van der Waals surface area contributed by atoms with Crippen LogP contribution >= 0.6 is 0 Å². The van der Waals surface area contributed by atoms with Crippen molar-refractivity contribution in [3.63, 3.8) is 0 Å². The second-order valence-electron chi connectivity index (χ2n) is 5.97. The van der Waals surface area contributed by atoms with Crippen molar-refractivity contribution in [2.75, 3.05) is 25.4 Å². The summed E-state index contributed by atoms with van der Waals surface area (Å²) in [6, 6.07) is 8.04. The van der Waals surface area contributed by atoms with Crippen molar-refractivity contribution in [2.45, 2.75) is 25.8 Å². The van der Waals surface area contributed by atoms with E-state index < -0.39 is 0 Å². The van der Waals surface area contributed by atoms with E-state index in [2.05, 4.69) is 16.0 Å². The third kappa shape index (κ3) is 3.17. The highest BCUT2D eigenvalue weighted by atomic mass is 16.3. The molecule has 1 fully saturated rings. The zero-order valence-corrected chi connectivity index (χ0v) is 12.3. The number of likely N-dealkylation sites (tertiary alicyclic amines) is 1. The predicted molar refractivity (Wildman–Crippen MR) is 85.9 cm³/mol. The zero-order valence-electron chi connectivity index (χ0n) is 12.3. The minimum Gasteiger partial charge on any atom is -0.398 e. The fourth-order valence-corrected chi connectivity index (χ4v) is 3.33. The van der Waals surface area contributed by atoms with Crippen LogP contribution in [0.3, 0.4) is 0 Å². The number of aromatic nitrogens is 1. The van der Waals surface area contributed by atoms with Gasteiger partial charge in [-0.2, -0.15) is 0 Å². The lowest BCUT2D eigenvalue weighted by atomic mass is 9.94. The number of nitrogens with zero attached hydrogens (tertiary/aromatic N) is 2. The lowest BCUT2D eigenvalue weighted by Crippen LogP contribution is -2.35. The lowest BCUT2D eigenvalue weighted by Gasteiger charge is -2.32. The van der Waals surface area contributed by atoms with E-state index in [-0.39, 0.29) is 0 Å². The molecule has 1 aromatic heterocycles. The maximum atomic E-state index is 9.12. The lowest BCUT2D eigenvalue weighted by molar-refractivity contribution is 0.143. The normalized spacial score (nSPS) is 20.0. The van der Waals surface area contributed by atoms with Crippen LogP contribution in [0.25, 0.3) is 10.9 Å². The highest BCUT2D eigenvalue weighted by Gasteiger charge is 2.20. The van der Waals surface area contributed by atoms with Gasteiger partial charge in [0, 0.05) is 37.0 Å². The molecule has 3 rings (SSSR count). The van der Waals surface area contributed by atoms with Crippen LogP contribution in [0.2, 0.25) is 0 Å². The Kier molecular flexibility index (Phi) is 4.36. The van der Waals surface area contributed by atoms with E-state index in [1.54, 1.807) is 0 Å². The summed E-state index contributed by atoms with van der Waals surface area (Å²) in [4.78, 5) is 6.99. The topological polar surface area (TPSA) is 62.4 Å². The van der Waals surface area contributed by atoms with Gasteiger partial charge in [0.25, 0.3) is 0 Å². The number of hydrogen-bond acceptors (Lipinski definition) is 4. The van der Waals surface area contributed by atoms with Crippen molar-refractivity contribution >= 4 is 16.6 Å². The van der Waals surface area contributed by atoms with Gasteiger partial charge in [-0.1, -0.05) is 6.07 Å². The number of nitrogen functional groups attached to an aromatic ring is 1. The van der Waals surface area contributed by atoms with Crippen molar-refractivity contribution in [1.82, 2.24) is 9.88 Å². The molecule has 0 radical (unpaired) electrons. The second-order valence-corrected chi connectivity index (χ2v) is 5.97. The maximum absolute atomic E-state index is 9.12. The molecule has 1 atom stereocenters. The third-order valence-corrected chi connectivity index (χ3v) is 4.42. The van der Waals surface area contributed by atoms with Crippen molar-refractivity contribution in [3.8, 4) is 0 Å². The molecular weight excluding hydrogens is 262 g/mol. The Morgan fingerprint density at radius 3 is 3.10 bits per heavy atom. The van der Waals surface area contributed by atoms with E-state index in [4.69, 9.17) is 10.8 Å². The molecule has 2 heterocycles. The Bertz CT molecular complexity index is 612. The monoisotopic (exact) mass is 285 g/mol. The van der Waals surface area contributed by atoms with E-state index in [1.165, 1.54) is 18.4 Å². The summed E-state index contributed by atoms with van der Waals surface area (Å²) < 4.78 is 0. The molecule has 21 heavy (non-hydrogen) atoms. The summed E-state index contributed by atoms with van der Waals surface area (Å²) in [6.07, 6.45) is 5.19. The first-order chi connectivity index (χ1) is 10.3. The molecule has 0 bridgehead atoms. The Hall–Kier alpha value is -1.65. The number of piperidine rings is 1. The number of rotatable bonds is 4. The fraction of sp³-hybridized carbons (Fsp3) is 0.471. The van der Waals surface area contributed by atoms with Crippen LogP contribution in [0.5, 0.6) is 0 Å². The van der Waals surface area contributed by atoms with Crippen molar-refractivity contribution in [2.24, 2.45) is 5.92 Å². The number of nitrogens with two attached hydrogens (primary N) is 1. The first-order valence-corrected chi connectivity index (χ1v) is 7.73. The van der Waals surface area contributed by atoms with Crippen molar-refractivity contribution in [3.05, 3.63) is 36.0 Å². The summed E-state index contributed by atoms with van der Waals surface area (Å²) in [7, 11) is 0. The Labute approximate surface area is 125 Å². The van der Waals surface area contributed by atoms with Gasteiger partial charge in [0.2, 0.25) is 0 Å². The molecular formula is C17H23N3O. The molecule has 0 spiro atoms. The third-order valence-electron chi connectivity index (χ3n) is 4.42. The summed E-state index contributed by atoms with van der Waals surface area (Å²) in [6.45, 7) is 3.40. The molecule has 0 amide bonds. The van der Waals surface area contributed by atoms with E-state index in [9.17, 15) is 0 Å². The van der Waals surface area contributed by atoms with Crippen molar-refractivity contribution < 1.29 is 5.11 Å². The molecule has 1 unspecified atom stereocenters. The Morgan fingerprint density at radius 2 is 2.24 bits per heavy atom. The highest BCUT2D eigenvalue weighted by Crippen LogP contribution is 2.26. The summed E-state index contributed by atoms with van der Waals surface area (Å²) in [5.74, 6) is 0.622. The number of hydrogen-bond donors (Lipinski definition) is 2. The van der Waals surface area contributed by atoms with Gasteiger partial charge < -0.3 is 10.8 Å². The predicted octanol–water partition coefficient (Wildman–Crippen LogP) is 2.41. The zero-order chi connectivity index (χ0) is 14.7. The maximum Gasteiger partial charge on any atom is 0.0767 e. The standard InChI is InChI=1S/C17H23N3O/c18-16-6-5-14(17-15(16)4-1-8-19-17)12-20-9-2-3-13(11-20)7-10-21/h1,4-6,8,13,21H,2-3,7,9-12,18H2. The van der Waals surface area contributed by atoms with Gasteiger partial charge in [-0.05, 0) is 55.5 Å². The van der Waals surface area contributed by atoms with Crippen LogP contribution in [0.4, 0.5) is 5.69 Å². The van der Waals surface area contributed by atoms with Crippen LogP contribution < -0.4 is 5.73 Å². The van der Waals surface area contributed by atoms with Gasteiger partial charge in [0.05, 0.1) is 5.52 Å². The number of pyridine rings is 1. The minimum absolute atomic E-state index is 0.296. The molecule has 0 saturated carbocycles. The van der Waals surface area contributed by atoms with E-state index in [1.807, 2.05) is 24.4 Å². The van der Waals surface area contributed by atoms with E-state index in [0.29, 0.717) is 12.5 Å². The first kappa shape index (κ1) is 14.3. The number of benzene rings is 1. The smallest absolute Gasteiger partial charge is 0.0767 e. The minimum atomic E-state index is 0.296. The quantitative estimate of drug-likeness (QED) is 0.847. The number of anilines is 1. The molecule has 0 aliphatic carbocycles. The highest BCUT2D eigenvalue weighted by molar-refractivity contribution is 5.92. The molecule has 2 aromatic rings. The SMILES string of the molecule is Nc1ccc(CN2CCCC(CCO)C2)c2ncccc12. The average Bonchev–Trinajstić information content (AvgIpc) is 2.51. The molecule has 1 saturated heterocycles. The van der Waals surface area contributed by atoms with Gasteiger partial charge >= 0.3 is 0 Å². The van der Waals surface area contributed by atoms with Gasteiger partial charge in [-0.3, -0.25) is 9.88 Å². The van der Waals surface area contributed by atoms with Crippen LogP contribution in [-0.2, 0) is 6.54 Å². The van der Waals surface area contributed by atoms with Gasteiger partial charge in [0.1, 0.15) is 0 Å².